The van der Waals surface area contributed by atoms with E-state index in [9.17, 15) is 8.42 Å². The fourth-order valence-corrected chi connectivity index (χ4v) is 2.97. The second-order valence-corrected chi connectivity index (χ2v) is 6.65. The van der Waals surface area contributed by atoms with Gasteiger partial charge in [-0.05, 0) is 31.5 Å². The molecule has 24 heavy (non-hydrogen) atoms. The topological polar surface area (TPSA) is 97.0 Å². The average molecular weight is 470 g/mol. The molecule has 1 aromatic rings. The number of hydrogen-bond donors (Lipinski definition) is 2. The van der Waals surface area contributed by atoms with Crippen LogP contribution in [0.5, 0.6) is 0 Å². The smallest absolute Gasteiger partial charge is 0.240 e. The number of halogens is 1. The molecule has 0 unspecified atom stereocenters. The number of nitrogens with one attached hydrogen (secondary N) is 1. The van der Waals surface area contributed by atoms with Crippen molar-refractivity contribution in [3.05, 3.63) is 29.8 Å². The third kappa shape index (κ3) is 7.32. The highest BCUT2D eigenvalue weighted by Gasteiger charge is 2.12. The molecule has 0 bridgehead atoms. The number of nitrogens with two attached hydrogens (primary N) is 1. The molecule has 7 nitrogen and oxygen atoms in total. The van der Waals surface area contributed by atoms with E-state index in [1.54, 1.807) is 24.3 Å². The largest absolute Gasteiger partial charge is 0.383 e. The Kier molecular flexibility index (Phi) is 11.2. The normalized spacial score (nSPS) is 11.9. The summed E-state index contributed by atoms with van der Waals surface area (Å²) in [5.74, 6) is 0.493. The van der Waals surface area contributed by atoms with Crippen molar-refractivity contribution in [3.8, 4) is 0 Å². The van der Waals surface area contributed by atoms with Gasteiger partial charge in [0.15, 0.2) is 5.96 Å². The van der Waals surface area contributed by atoms with Crippen molar-refractivity contribution in [3.63, 3.8) is 0 Å². The lowest BCUT2D eigenvalue weighted by molar-refractivity contribution is 0.204. The number of guanidine groups is 1. The number of sulfonamides is 1. The number of nitrogens with zero attached hydrogens (tertiary/aromatic N) is 2. The van der Waals surface area contributed by atoms with E-state index in [1.165, 1.54) is 7.11 Å². The van der Waals surface area contributed by atoms with Crippen LogP contribution in [0.15, 0.2) is 34.2 Å². The third-order valence-corrected chi connectivity index (χ3v) is 4.82. The molecule has 0 heterocycles. The van der Waals surface area contributed by atoms with E-state index in [2.05, 4.69) is 9.71 Å². The van der Waals surface area contributed by atoms with Crippen molar-refractivity contribution in [1.82, 2.24) is 9.62 Å². The van der Waals surface area contributed by atoms with Gasteiger partial charge >= 0.3 is 0 Å². The van der Waals surface area contributed by atoms with E-state index in [0.717, 1.165) is 18.7 Å². The minimum absolute atomic E-state index is 0. The highest BCUT2D eigenvalue weighted by atomic mass is 127. The molecule has 0 spiro atoms. The summed E-state index contributed by atoms with van der Waals surface area (Å²) in [4.78, 5) is 6.50. The first-order chi connectivity index (χ1) is 10.9. The molecule has 0 radical (unpaired) electrons. The van der Waals surface area contributed by atoms with Crippen LogP contribution in [-0.2, 0) is 21.3 Å². The molecule has 0 aromatic heterocycles. The third-order valence-electron chi connectivity index (χ3n) is 3.34. The molecule has 0 aliphatic rings. The molecule has 0 fully saturated rings. The van der Waals surface area contributed by atoms with Crippen LogP contribution < -0.4 is 10.5 Å². The number of rotatable bonds is 9. The number of hydrogen-bond acceptors (Lipinski definition) is 4. The lowest BCUT2D eigenvalue weighted by Crippen LogP contribution is -2.37. The van der Waals surface area contributed by atoms with Crippen molar-refractivity contribution >= 4 is 40.0 Å². The number of aliphatic imine (C=N–C) groups is 1. The summed E-state index contributed by atoms with van der Waals surface area (Å²) in [6.45, 7) is 6.62. The molecule has 9 heteroatoms. The van der Waals surface area contributed by atoms with Crippen molar-refractivity contribution in [2.24, 2.45) is 10.7 Å². The highest BCUT2D eigenvalue weighted by Crippen LogP contribution is 2.11. The van der Waals surface area contributed by atoms with Crippen LogP contribution in [-0.4, -0.2) is 52.6 Å². The Morgan fingerprint density at radius 3 is 2.33 bits per heavy atom. The molecule has 0 atom stereocenters. The Balaban J connectivity index is 0.00000529. The lowest BCUT2D eigenvalue weighted by atomic mass is 10.2. The fourth-order valence-electron chi connectivity index (χ4n) is 1.96. The Bertz CT molecular complexity index is 602. The maximum atomic E-state index is 12.0. The maximum absolute atomic E-state index is 12.0. The van der Waals surface area contributed by atoms with Gasteiger partial charge in [0.25, 0.3) is 0 Å². The molecule has 1 aromatic carbocycles. The summed E-state index contributed by atoms with van der Waals surface area (Å²) in [5.41, 5.74) is 6.81. The maximum Gasteiger partial charge on any atom is 0.240 e. The fraction of sp³-hybridized carbons (Fsp3) is 0.533. The number of ether oxygens (including phenoxy) is 1. The van der Waals surface area contributed by atoms with Gasteiger partial charge in [0.05, 0.1) is 18.0 Å². The molecule has 1 rings (SSSR count). The van der Waals surface area contributed by atoms with Gasteiger partial charge in [-0.2, -0.15) is 0 Å². The standard InChI is InChI=1S/C15H26N4O3S.HI/c1-4-19(5-2)15(16)17-12-13-6-8-14(9-7-13)23(20,21)18-10-11-22-3;/h6-9,18H,4-5,10-12H2,1-3H3,(H2,16,17);1H. The van der Waals surface area contributed by atoms with Crippen molar-refractivity contribution in [1.29, 1.82) is 0 Å². The van der Waals surface area contributed by atoms with Crippen LogP contribution >= 0.6 is 24.0 Å². The van der Waals surface area contributed by atoms with Crippen LogP contribution in [0.4, 0.5) is 0 Å². The molecule has 0 aliphatic carbocycles. The first-order valence-electron chi connectivity index (χ1n) is 7.57. The lowest BCUT2D eigenvalue weighted by Gasteiger charge is -2.19. The van der Waals surface area contributed by atoms with Crippen LogP contribution in [0.3, 0.4) is 0 Å². The molecule has 3 N–H and O–H groups in total. The minimum atomic E-state index is -3.50. The van der Waals surface area contributed by atoms with E-state index in [-0.39, 0.29) is 35.4 Å². The molecular weight excluding hydrogens is 443 g/mol. The number of benzene rings is 1. The van der Waals surface area contributed by atoms with Gasteiger partial charge in [-0.15, -0.1) is 24.0 Å². The van der Waals surface area contributed by atoms with Crippen LogP contribution in [0, 0.1) is 0 Å². The van der Waals surface area contributed by atoms with E-state index < -0.39 is 10.0 Å². The highest BCUT2D eigenvalue weighted by molar-refractivity contribution is 14.0. The second-order valence-electron chi connectivity index (χ2n) is 4.88. The van der Waals surface area contributed by atoms with Crippen LogP contribution in [0.25, 0.3) is 0 Å². The van der Waals surface area contributed by atoms with Crippen LogP contribution in [0.1, 0.15) is 19.4 Å². The summed E-state index contributed by atoms with van der Waals surface area (Å²) >= 11 is 0. The summed E-state index contributed by atoms with van der Waals surface area (Å²) < 4.78 is 31.4. The van der Waals surface area contributed by atoms with Gasteiger partial charge < -0.3 is 15.4 Å². The zero-order valence-electron chi connectivity index (χ0n) is 14.4. The SMILES string of the molecule is CCN(CC)C(N)=NCc1ccc(S(=O)(=O)NCCOC)cc1.I. The Labute approximate surface area is 161 Å². The van der Waals surface area contributed by atoms with E-state index >= 15 is 0 Å². The van der Waals surface area contributed by atoms with E-state index in [1.807, 2.05) is 18.7 Å². The summed E-state index contributed by atoms with van der Waals surface area (Å²) in [6, 6.07) is 6.61. The Morgan fingerprint density at radius 1 is 1.25 bits per heavy atom. The number of methoxy groups -OCH3 is 1. The van der Waals surface area contributed by atoms with Crippen molar-refractivity contribution in [2.75, 3.05) is 33.4 Å². The van der Waals surface area contributed by atoms with Gasteiger partial charge in [-0.25, -0.2) is 18.1 Å². The molecule has 0 saturated carbocycles. The molecule has 0 aliphatic heterocycles. The van der Waals surface area contributed by atoms with E-state index in [0.29, 0.717) is 19.1 Å². The van der Waals surface area contributed by atoms with Crippen molar-refractivity contribution < 1.29 is 13.2 Å². The molecular formula is C15H27IN4O3S. The first-order valence-corrected chi connectivity index (χ1v) is 9.05. The zero-order chi connectivity index (χ0) is 17.3. The molecule has 138 valence electrons. The zero-order valence-corrected chi connectivity index (χ0v) is 17.5. The second kappa shape index (κ2) is 11.6. The quantitative estimate of drug-likeness (QED) is 0.246. The predicted octanol–water partition coefficient (Wildman–Crippen LogP) is 1.39. The Hall–Kier alpha value is -0.910. The Morgan fingerprint density at radius 2 is 1.83 bits per heavy atom. The first kappa shape index (κ1) is 23.1. The van der Waals surface area contributed by atoms with Gasteiger partial charge in [0, 0.05) is 26.7 Å². The minimum Gasteiger partial charge on any atom is -0.383 e. The van der Waals surface area contributed by atoms with Crippen molar-refractivity contribution in [2.45, 2.75) is 25.3 Å². The summed E-state index contributed by atoms with van der Waals surface area (Å²) in [7, 11) is -1.98. The van der Waals surface area contributed by atoms with Gasteiger partial charge in [0.1, 0.15) is 0 Å². The predicted molar refractivity (Wildman–Crippen MR) is 107 cm³/mol. The van der Waals surface area contributed by atoms with Gasteiger partial charge in [-0.3, -0.25) is 0 Å². The van der Waals surface area contributed by atoms with Gasteiger partial charge in [0.2, 0.25) is 10.0 Å². The average Bonchev–Trinajstić information content (AvgIpc) is 2.54. The summed E-state index contributed by atoms with van der Waals surface area (Å²) in [5, 5.41) is 0. The van der Waals surface area contributed by atoms with Gasteiger partial charge in [-0.1, -0.05) is 12.1 Å². The molecule has 0 amide bonds. The van der Waals surface area contributed by atoms with E-state index in [4.69, 9.17) is 10.5 Å². The summed E-state index contributed by atoms with van der Waals surface area (Å²) in [6.07, 6.45) is 0. The molecule has 0 saturated heterocycles. The monoisotopic (exact) mass is 470 g/mol. The van der Waals surface area contributed by atoms with Crippen LogP contribution in [0.2, 0.25) is 0 Å².